The normalized spacial score (nSPS) is 14.5. The number of fused-ring (bicyclic) bond motifs is 1. The van der Waals surface area contributed by atoms with Crippen LogP contribution in [0.15, 0.2) is 42.5 Å². The number of carboxylic acid groups (broad SMARTS) is 1. The number of piperazine rings is 1. The fourth-order valence-electron chi connectivity index (χ4n) is 3.45. The van der Waals surface area contributed by atoms with Gasteiger partial charge < -0.3 is 14.9 Å². The number of halogens is 2. The van der Waals surface area contributed by atoms with Gasteiger partial charge in [-0.25, -0.2) is 4.79 Å². The molecule has 0 bridgehead atoms. The molecule has 28 heavy (non-hydrogen) atoms. The number of hydrogen-bond acceptors (Lipinski definition) is 4. The molecule has 0 radical (unpaired) electrons. The monoisotopic (exact) mass is 416 g/mol. The van der Waals surface area contributed by atoms with Crippen molar-refractivity contribution in [3.05, 3.63) is 63.8 Å². The molecule has 4 rings (SSSR count). The molecule has 2 aromatic carbocycles. The molecule has 0 unspecified atom stereocenters. The summed E-state index contributed by atoms with van der Waals surface area (Å²) in [7, 11) is 0. The Labute approximate surface area is 172 Å². The van der Waals surface area contributed by atoms with Crippen LogP contribution in [0.2, 0.25) is 10.0 Å². The first-order chi connectivity index (χ1) is 13.5. The maximum absolute atomic E-state index is 11.2. The van der Waals surface area contributed by atoms with Gasteiger partial charge in [0.25, 0.3) is 0 Å². The number of rotatable bonds is 3. The lowest BCUT2D eigenvalue weighted by Gasteiger charge is -2.34. The summed E-state index contributed by atoms with van der Waals surface area (Å²) in [5.74, 6) is 0.704. The summed E-state index contributed by atoms with van der Waals surface area (Å²) in [6, 6.07) is 13.7. The number of aromatic nitrogens is 2. The predicted octanol–water partition coefficient (Wildman–Crippen LogP) is 4.33. The topological polar surface area (TPSA) is 69.6 Å². The molecule has 1 saturated heterocycles. The molecule has 0 aliphatic carbocycles. The van der Waals surface area contributed by atoms with Crippen molar-refractivity contribution in [2.24, 2.45) is 0 Å². The second-order valence-corrected chi connectivity index (χ2v) is 7.52. The highest BCUT2D eigenvalue weighted by Crippen LogP contribution is 2.34. The Bertz CT molecular complexity index is 1020. The zero-order valence-corrected chi connectivity index (χ0v) is 16.5. The Morgan fingerprint density at radius 1 is 0.964 bits per heavy atom. The number of hydrogen-bond donors (Lipinski definition) is 1. The van der Waals surface area contributed by atoms with Crippen molar-refractivity contribution in [1.82, 2.24) is 15.1 Å². The van der Waals surface area contributed by atoms with Crippen LogP contribution in [0.3, 0.4) is 0 Å². The fourth-order valence-corrected chi connectivity index (χ4v) is 3.78. The zero-order valence-electron chi connectivity index (χ0n) is 15.0. The van der Waals surface area contributed by atoms with E-state index >= 15 is 0 Å². The predicted molar refractivity (Wildman–Crippen MR) is 111 cm³/mol. The minimum absolute atomic E-state index is 0.422. The molecule has 6 nitrogen and oxygen atoms in total. The number of amides is 1. The van der Waals surface area contributed by atoms with Crippen LogP contribution in [0.5, 0.6) is 0 Å². The molecule has 3 aromatic rings. The summed E-state index contributed by atoms with van der Waals surface area (Å²) in [5, 5.41) is 20.8. The smallest absolute Gasteiger partial charge is 0.407 e. The van der Waals surface area contributed by atoms with Gasteiger partial charge in [0.2, 0.25) is 0 Å². The molecular formula is C20H18Cl2N4O2. The van der Waals surface area contributed by atoms with Crippen molar-refractivity contribution in [1.29, 1.82) is 0 Å². The lowest BCUT2D eigenvalue weighted by atomic mass is 10.0. The average molecular weight is 417 g/mol. The summed E-state index contributed by atoms with van der Waals surface area (Å²) >= 11 is 12.6. The molecule has 2 heterocycles. The van der Waals surface area contributed by atoms with Gasteiger partial charge in [0, 0.05) is 43.4 Å². The van der Waals surface area contributed by atoms with E-state index < -0.39 is 6.09 Å². The van der Waals surface area contributed by atoms with Crippen LogP contribution >= 0.6 is 23.2 Å². The lowest BCUT2D eigenvalue weighted by Crippen LogP contribution is -2.48. The minimum Gasteiger partial charge on any atom is -0.465 e. The van der Waals surface area contributed by atoms with Gasteiger partial charge in [0.1, 0.15) is 0 Å². The molecule has 1 amide bonds. The van der Waals surface area contributed by atoms with Crippen molar-refractivity contribution in [3.8, 4) is 0 Å². The number of nitrogens with zero attached hydrogens (tertiary/aromatic N) is 4. The third kappa shape index (κ3) is 3.70. The van der Waals surface area contributed by atoms with Crippen LogP contribution in [0.25, 0.3) is 10.8 Å². The second kappa shape index (κ2) is 7.81. The Morgan fingerprint density at radius 2 is 1.61 bits per heavy atom. The Hall–Kier alpha value is -2.57. The molecule has 144 valence electrons. The molecule has 1 aliphatic heterocycles. The van der Waals surface area contributed by atoms with Crippen LogP contribution < -0.4 is 4.90 Å². The summed E-state index contributed by atoms with van der Waals surface area (Å²) in [4.78, 5) is 14.6. The Kier molecular flexibility index (Phi) is 5.24. The van der Waals surface area contributed by atoms with E-state index in [4.69, 9.17) is 28.3 Å². The first-order valence-electron chi connectivity index (χ1n) is 8.94. The minimum atomic E-state index is -0.899. The summed E-state index contributed by atoms with van der Waals surface area (Å²) < 4.78 is 0. The van der Waals surface area contributed by atoms with Gasteiger partial charge in [0.15, 0.2) is 5.82 Å². The zero-order chi connectivity index (χ0) is 19.7. The van der Waals surface area contributed by atoms with Crippen molar-refractivity contribution < 1.29 is 9.90 Å². The van der Waals surface area contributed by atoms with Crippen molar-refractivity contribution >= 4 is 45.9 Å². The van der Waals surface area contributed by atoms with Gasteiger partial charge >= 0.3 is 6.09 Å². The highest BCUT2D eigenvalue weighted by atomic mass is 35.5. The lowest BCUT2D eigenvalue weighted by molar-refractivity contribution is 0.142. The molecule has 1 N–H and O–H groups in total. The van der Waals surface area contributed by atoms with Crippen LogP contribution in [0.4, 0.5) is 10.6 Å². The Morgan fingerprint density at radius 3 is 2.25 bits per heavy atom. The molecule has 0 atom stereocenters. The van der Waals surface area contributed by atoms with E-state index in [9.17, 15) is 4.79 Å². The van der Waals surface area contributed by atoms with E-state index in [1.165, 1.54) is 4.90 Å². The van der Waals surface area contributed by atoms with Gasteiger partial charge in [-0.15, -0.1) is 5.10 Å². The van der Waals surface area contributed by atoms with Crippen LogP contribution in [0.1, 0.15) is 11.3 Å². The first-order valence-corrected chi connectivity index (χ1v) is 9.69. The SMILES string of the molecule is O=C(O)N1CCN(c2nnc(Cc3ccccc3)c3cc(Cl)c(Cl)cc23)CC1. The molecule has 1 aromatic heterocycles. The Balaban J connectivity index is 1.73. The van der Waals surface area contributed by atoms with Crippen molar-refractivity contribution in [2.75, 3.05) is 31.1 Å². The fraction of sp³-hybridized carbons (Fsp3) is 0.250. The van der Waals surface area contributed by atoms with Gasteiger partial charge in [-0.05, 0) is 17.7 Å². The summed E-state index contributed by atoms with van der Waals surface area (Å²) in [5.41, 5.74) is 1.96. The molecule has 1 fully saturated rings. The highest BCUT2D eigenvalue weighted by molar-refractivity contribution is 6.43. The maximum Gasteiger partial charge on any atom is 0.407 e. The summed E-state index contributed by atoms with van der Waals surface area (Å²) in [6.07, 6.45) is -0.265. The number of benzene rings is 2. The van der Waals surface area contributed by atoms with E-state index in [0.717, 1.165) is 22.0 Å². The average Bonchev–Trinajstić information content (AvgIpc) is 2.70. The second-order valence-electron chi connectivity index (χ2n) is 6.70. The largest absolute Gasteiger partial charge is 0.465 e. The maximum atomic E-state index is 11.2. The third-order valence-corrected chi connectivity index (χ3v) is 5.66. The van der Waals surface area contributed by atoms with Gasteiger partial charge in [-0.1, -0.05) is 53.5 Å². The number of anilines is 1. The van der Waals surface area contributed by atoms with Crippen LogP contribution in [0, 0.1) is 0 Å². The number of carbonyl (C=O) groups is 1. The van der Waals surface area contributed by atoms with Crippen molar-refractivity contribution in [3.63, 3.8) is 0 Å². The van der Waals surface area contributed by atoms with E-state index in [0.29, 0.717) is 48.5 Å². The third-order valence-electron chi connectivity index (χ3n) is 4.94. The quantitative estimate of drug-likeness (QED) is 0.687. The van der Waals surface area contributed by atoms with Crippen molar-refractivity contribution in [2.45, 2.75) is 6.42 Å². The standard InChI is InChI=1S/C20H18Cl2N4O2/c21-16-11-14-15(12-17(16)22)19(25-6-8-26(9-7-25)20(27)28)24-23-18(14)10-13-4-2-1-3-5-13/h1-5,11-12H,6-10H2,(H,27,28). The summed E-state index contributed by atoms with van der Waals surface area (Å²) in [6.45, 7) is 1.94. The molecule has 0 spiro atoms. The van der Waals surface area contributed by atoms with E-state index in [-0.39, 0.29) is 0 Å². The van der Waals surface area contributed by atoms with Crippen LogP contribution in [-0.4, -0.2) is 52.5 Å². The molecular weight excluding hydrogens is 399 g/mol. The van der Waals surface area contributed by atoms with Gasteiger partial charge in [0.05, 0.1) is 15.7 Å². The molecule has 0 saturated carbocycles. The molecule has 8 heteroatoms. The van der Waals surface area contributed by atoms with Crippen LogP contribution in [-0.2, 0) is 6.42 Å². The first kappa shape index (κ1) is 18.8. The van der Waals surface area contributed by atoms with E-state index in [1.807, 2.05) is 47.4 Å². The van der Waals surface area contributed by atoms with Gasteiger partial charge in [-0.3, -0.25) is 0 Å². The molecule has 1 aliphatic rings. The highest BCUT2D eigenvalue weighted by Gasteiger charge is 2.24. The van der Waals surface area contributed by atoms with Gasteiger partial charge in [-0.2, -0.15) is 5.10 Å². The van der Waals surface area contributed by atoms with E-state index in [1.54, 1.807) is 0 Å². The van der Waals surface area contributed by atoms with E-state index in [2.05, 4.69) is 10.2 Å².